The number of rotatable bonds is 8. The second-order valence-corrected chi connectivity index (χ2v) is 11.4. The number of piperazine rings is 1. The normalized spacial score (nSPS) is 16.6. The number of thioether (sulfide) groups is 1. The highest BCUT2D eigenvalue weighted by Gasteiger charge is 2.27. The molecule has 11 heteroatoms. The quantitative estimate of drug-likeness (QED) is 0.289. The number of carbonyl (C=O) groups is 1. The zero-order valence-electron chi connectivity index (χ0n) is 23.8. The molecule has 6 rings (SSSR count). The molecule has 42 heavy (non-hydrogen) atoms. The van der Waals surface area contributed by atoms with Gasteiger partial charge < -0.3 is 19.0 Å². The number of anilines is 1. The highest BCUT2D eigenvalue weighted by molar-refractivity contribution is 7.99. The van der Waals surface area contributed by atoms with Gasteiger partial charge in [0, 0.05) is 44.8 Å². The number of amides is 1. The minimum absolute atomic E-state index is 0.0110. The van der Waals surface area contributed by atoms with Gasteiger partial charge in [-0.2, -0.15) is 0 Å². The molecule has 1 fully saturated rings. The fraction of sp³-hybridized carbons (Fsp3) is 0.323. The largest absolute Gasteiger partial charge is 0.466 e. The summed E-state index contributed by atoms with van der Waals surface area (Å²) in [5.41, 5.74) is 4.12. The fourth-order valence-electron chi connectivity index (χ4n) is 5.75. The van der Waals surface area contributed by atoms with Crippen LogP contribution in [-0.2, 0) is 18.4 Å². The van der Waals surface area contributed by atoms with Crippen molar-refractivity contribution in [3.05, 3.63) is 92.9 Å². The summed E-state index contributed by atoms with van der Waals surface area (Å²) in [4.78, 5) is 30.1. The van der Waals surface area contributed by atoms with Gasteiger partial charge in [-0.15, -0.1) is 15.3 Å². The number of hydrogen-bond donors (Lipinski definition) is 0. The molecule has 0 N–H and O–H groups in total. The van der Waals surface area contributed by atoms with E-state index >= 15 is 0 Å². The van der Waals surface area contributed by atoms with Gasteiger partial charge in [-0.3, -0.25) is 9.59 Å². The molecule has 1 atom stereocenters. The minimum Gasteiger partial charge on any atom is -0.466 e. The molecule has 1 amide bonds. The van der Waals surface area contributed by atoms with E-state index in [-0.39, 0.29) is 35.6 Å². The molecule has 1 unspecified atom stereocenters. The number of aromatic nitrogens is 4. The van der Waals surface area contributed by atoms with E-state index in [4.69, 9.17) is 9.15 Å². The molecule has 0 bridgehead atoms. The molecule has 2 aromatic heterocycles. The van der Waals surface area contributed by atoms with E-state index in [2.05, 4.69) is 44.5 Å². The lowest BCUT2D eigenvalue weighted by Crippen LogP contribution is -2.49. The van der Waals surface area contributed by atoms with Crippen LogP contribution < -0.4 is 25.6 Å². The summed E-state index contributed by atoms with van der Waals surface area (Å²) in [7, 11) is 1.62. The molecule has 0 saturated carbocycles. The Balaban J connectivity index is 1.09. The van der Waals surface area contributed by atoms with Crippen LogP contribution in [0.3, 0.4) is 0 Å². The van der Waals surface area contributed by atoms with Crippen molar-refractivity contribution >= 4 is 34.5 Å². The fourth-order valence-corrected chi connectivity index (χ4v) is 6.43. The number of benzene rings is 2. The lowest BCUT2D eigenvalue weighted by molar-refractivity contribution is -0.128. The summed E-state index contributed by atoms with van der Waals surface area (Å²) in [6.45, 7) is 6.93. The Bertz CT molecular complexity index is 1780. The van der Waals surface area contributed by atoms with Crippen molar-refractivity contribution in [1.82, 2.24) is 24.9 Å². The molecule has 1 saturated heterocycles. The number of aryl methyl sites for hydroxylation is 1. The van der Waals surface area contributed by atoms with E-state index in [1.54, 1.807) is 7.05 Å². The number of hydrogen-bond acceptors (Lipinski definition) is 9. The monoisotopic (exact) mass is 584 g/mol. The molecular weight excluding hydrogens is 552 g/mol. The number of nitrogens with zero attached hydrogens (tertiary/aromatic N) is 6. The van der Waals surface area contributed by atoms with E-state index in [0.717, 1.165) is 35.0 Å². The van der Waals surface area contributed by atoms with Gasteiger partial charge in [0.1, 0.15) is 0 Å². The van der Waals surface area contributed by atoms with Crippen LogP contribution in [0.2, 0.25) is 0 Å². The van der Waals surface area contributed by atoms with Crippen LogP contribution in [0.25, 0.3) is 11.1 Å². The molecule has 1 aliphatic carbocycles. The zero-order valence-corrected chi connectivity index (χ0v) is 24.6. The summed E-state index contributed by atoms with van der Waals surface area (Å²) in [6.07, 6.45) is 0. The standard InChI is InChI=1S/C31H32N6O4S/c1-20-26(22-10-6-4-7-11-22)21(2)28-27(20)29(34-35(3)30(28)39)40-18-24-32-33-31(41-24)42-19-25(38)37-16-14-36(15-17-37)23-12-8-5-9-13-23/h4-13,26H,14-19H2,1-3H3. The van der Waals surface area contributed by atoms with Gasteiger partial charge in [0.2, 0.25) is 11.8 Å². The maximum atomic E-state index is 13.1. The van der Waals surface area contributed by atoms with E-state index < -0.39 is 0 Å². The second-order valence-electron chi connectivity index (χ2n) is 10.4. The summed E-state index contributed by atoms with van der Waals surface area (Å²) in [6, 6.07) is 20.3. The van der Waals surface area contributed by atoms with E-state index in [9.17, 15) is 9.59 Å². The van der Waals surface area contributed by atoms with Crippen molar-refractivity contribution in [1.29, 1.82) is 0 Å². The topological polar surface area (TPSA) is 107 Å². The molecule has 10 nitrogen and oxygen atoms in total. The van der Waals surface area contributed by atoms with Crippen LogP contribution in [0, 0.1) is 0 Å². The average Bonchev–Trinajstić information content (AvgIpc) is 3.59. The third-order valence-electron chi connectivity index (χ3n) is 7.85. The van der Waals surface area contributed by atoms with Gasteiger partial charge in [-0.25, -0.2) is 4.68 Å². The van der Waals surface area contributed by atoms with Crippen LogP contribution >= 0.6 is 11.8 Å². The first-order valence-electron chi connectivity index (χ1n) is 13.9. The van der Waals surface area contributed by atoms with E-state index in [0.29, 0.717) is 29.4 Å². The Morgan fingerprint density at radius 1 is 0.952 bits per heavy atom. The molecule has 0 spiro atoms. The Morgan fingerprint density at radius 3 is 2.33 bits per heavy atom. The average molecular weight is 585 g/mol. The summed E-state index contributed by atoms with van der Waals surface area (Å²) >= 11 is 1.22. The Kier molecular flexibility index (Phi) is 7.84. The van der Waals surface area contributed by atoms with Gasteiger partial charge in [0.25, 0.3) is 16.7 Å². The molecule has 4 aromatic rings. The van der Waals surface area contributed by atoms with Crippen molar-refractivity contribution in [3.8, 4) is 5.88 Å². The molecule has 0 radical (unpaired) electrons. The zero-order chi connectivity index (χ0) is 29.2. The summed E-state index contributed by atoms with van der Waals surface area (Å²) < 4.78 is 13.1. The predicted molar refractivity (Wildman–Crippen MR) is 161 cm³/mol. The van der Waals surface area contributed by atoms with Crippen LogP contribution in [0.5, 0.6) is 5.88 Å². The number of fused-ring (bicyclic) bond motifs is 1. The van der Waals surface area contributed by atoms with Gasteiger partial charge in [-0.05, 0) is 42.7 Å². The van der Waals surface area contributed by atoms with Crippen molar-refractivity contribution < 1.29 is 13.9 Å². The van der Waals surface area contributed by atoms with Gasteiger partial charge >= 0.3 is 0 Å². The third kappa shape index (κ3) is 5.44. The van der Waals surface area contributed by atoms with Crippen molar-refractivity contribution in [2.24, 2.45) is 7.05 Å². The first kappa shape index (κ1) is 27.8. The predicted octanol–water partition coefficient (Wildman–Crippen LogP) is 2.32. The second kappa shape index (κ2) is 11.8. The highest BCUT2D eigenvalue weighted by atomic mass is 32.2. The van der Waals surface area contributed by atoms with E-state index in [1.807, 2.05) is 55.1 Å². The Morgan fingerprint density at radius 2 is 1.62 bits per heavy atom. The molecule has 1 aliphatic heterocycles. The SMILES string of the molecule is CC1=c2c(OCc3nnc(SCC(=O)N4CCN(c5ccccc5)CC4)o3)nn(C)c(=O)c2=C(C)C1c1ccccc1. The van der Waals surface area contributed by atoms with Crippen LogP contribution in [0.4, 0.5) is 5.69 Å². The maximum absolute atomic E-state index is 13.1. The molecule has 2 aromatic carbocycles. The lowest BCUT2D eigenvalue weighted by Gasteiger charge is -2.36. The molecule has 3 heterocycles. The summed E-state index contributed by atoms with van der Waals surface area (Å²) in [5.74, 6) is 0.847. The third-order valence-corrected chi connectivity index (χ3v) is 8.66. The first-order chi connectivity index (χ1) is 20.4. The van der Waals surface area contributed by atoms with Gasteiger partial charge in [0.15, 0.2) is 6.61 Å². The lowest BCUT2D eigenvalue weighted by atomic mass is 9.89. The number of ether oxygens (including phenoxy) is 1. The van der Waals surface area contributed by atoms with Crippen LogP contribution in [0.1, 0.15) is 31.2 Å². The van der Waals surface area contributed by atoms with Crippen molar-refractivity contribution in [3.63, 3.8) is 0 Å². The van der Waals surface area contributed by atoms with Crippen LogP contribution in [-0.4, -0.2) is 62.7 Å². The first-order valence-corrected chi connectivity index (χ1v) is 14.9. The van der Waals surface area contributed by atoms with Gasteiger partial charge in [-0.1, -0.05) is 60.3 Å². The maximum Gasteiger partial charge on any atom is 0.277 e. The molecule has 2 aliphatic rings. The minimum atomic E-state index is -0.157. The smallest absolute Gasteiger partial charge is 0.277 e. The number of carbonyl (C=O) groups excluding carboxylic acids is 1. The van der Waals surface area contributed by atoms with Gasteiger partial charge in [0.05, 0.1) is 16.2 Å². The molecular formula is C31H32N6O4S. The van der Waals surface area contributed by atoms with E-state index in [1.165, 1.54) is 22.1 Å². The Hall–Kier alpha value is -4.38. The Labute approximate surface area is 247 Å². The highest BCUT2D eigenvalue weighted by Crippen LogP contribution is 2.34. The van der Waals surface area contributed by atoms with Crippen molar-refractivity contribution in [2.75, 3.05) is 36.8 Å². The van der Waals surface area contributed by atoms with Crippen LogP contribution in [0.15, 0.2) is 75.1 Å². The molecule has 216 valence electrons. The summed E-state index contributed by atoms with van der Waals surface area (Å²) in [5, 5.41) is 14.2. The number of para-hydroxylation sites is 1. The van der Waals surface area contributed by atoms with Crippen molar-refractivity contribution in [2.45, 2.75) is 31.6 Å².